The Bertz CT molecular complexity index is 697. The van der Waals surface area contributed by atoms with E-state index in [-0.39, 0.29) is 24.0 Å². The molecule has 2 aromatic carbocycles. The van der Waals surface area contributed by atoms with Crippen LogP contribution in [0.25, 0.3) is 0 Å². The maximum absolute atomic E-state index is 12.5. The lowest BCUT2D eigenvalue weighted by atomic mass is 9.90. The first kappa shape index (κ1) is 19.1. The smallest absolute Gasteiger partial charge is 0.314 e. The van der Waals surface area contributed by atoms with Crippen molar-refractivity contribution in [3.8, 4) is 0 Å². The molecule has 5 nitrogen and oxygen atoms in total. The van der Waals surface area contributed by atoms with Gasteiger partial charge in [0.25, 0.3) is 0 Å². The summed E-state index contributed by atoms with van der Waals surface area (Å²) >= 11 is 0. The molecule has 1 saturated heterocycles. The molecule has 0 saturated carbocycles. The van der Waals surface area contributed by atoms with Gasteiger partial charge in [0.1, 0.15) is 0 Å². The van der Waals surface area contributed by atoms with Crippen LogP contribution < -0.4 is 5.32 Å². The Morgan fingerprint density at radius 3 is 1.48 bits per heavy atom. The topological polar surface area (TPSA) is 64.6 Å². The van der Waals surface area contributed by atoms with Crippen molar-refractivity contribution < 1.29 is 19.1 Å². The van der Waals surface area contributed by atoms with Crippen molar-refractivity contribution in [2.45, 2.75) is 36.8 Å². The van der Waals surface area contributed by atoms with Gasteiger partial charge in [-0.1, -0.05) is 60.7 Å². The van der Waals surface area contributed by atoms with Crippen molar-refractivity contribution >= 4 is 11.9 Å². The zero-order valence-electron chi connectivity index (χ0n) is 15.6. The largest absolute Gasteiger partial charge is 0.469 e. The first-order chi connectivity index (χ1) is 13.2. The highest BCUT2D eigenvalue weighted by Gasteiger charge is 2.41. The minimum atomic E-state index is -0.407. The fourth-order valence-corrected chi connectivity index (χ4v) is 3.97. The molecule has 4 unspecified atom stereocenters. The first-order valence-electron chi connectivity index (χ1n) is 9.17. The van der Waals surface area contributed by atoms with E-state index in [1.54, 1.807) is 0 Å². The minimum absolute atomic E-state index is 0.0966. The summed E-state index contributed by atoms with van der Waals surface area (Å²) in [7, 11) is 2.82. The van der Waals surface area contributed by atoms with Gasteiger partial charge >= 0.3 is 11.9 Å². The summed E-state index contributed by atoms with van der Waals surface area (Å²) in [5.41, 5.74) is 1.83. The van der Waals surface area contributed by atoms with E-state index in [1.807, 2.05) is 60.7 Å². The van der Waals surface area contributed by atoms with Gasteiger partial charge < -0.3 is 14.8 Å². The molecule has 1 N–H and O–H groups in total. The van der Waals surface area contributed by atoms with Crippen LogP contribution in [0.1, 0.15) is 35.8 Å². The standard InChI is InChI=1S/C22H25NO4/c1-26-21(24)19(15-9-5-3-6-10-15)17-13-14-18(23-17)20(22(25)27-2)16-11-7-4-8-12-16/h3-12,17-20,23H,13-14H2,1-2H3. The van der Waals surface area contributed by atoms with Gasteiger partial charge in [0.2, 0.25) is 0 Å². The summed E-state index contributed by atoms with van der Waals surface area (Å²) in [6, 6.07) is 19.1. The van der Waals surface area contributed by atoms with Crippen LogP contribution in [0.5, 0.6) is 0 Å². The van der Waals surface area contributed by atoms with Gasteiger partial charge in [-0.3, -0.25) is 9.59 Å². The molecule has 5 heteroatoms. The lowest BCUT2D eigenvalue weighted by Gasteiger charge is -2.26. The number of methoxy groups -OCH3 is 2. The normalized spacial score (nSPS) is 21.3. The van der Waals surface area contributed by atoms with Crippen molar-refractivity contribution in [1.82, 2.24) is 5.32 Å². The van der Waals surface area contributed by atoms with Crippen LogP contribution in [0.4, 0.5) is 0 Å². The molecule has 1 aliphatic rings. The Morgan fingerprint density at radius 1 is 0.778 bits per heavy atom. The maximum atomic E-state index is 12.5. The maximum Gasteiger partial charge on any atom is 0.314 e. The van der Waals surface area contributed by atoms with Gasteiger partial charge in [0.15, 0.2) is 0 Å². The number of ether oxygens (including phenoxy) is 2. The number of hydrogen-bond acceptors (Lipinski definition) is 5. The quantitative estimate of drug-likeness (QED) is 0.795. The number of carbonyl (C=O) groups is 2. The van der Waals surface area contributed by atoms with Gasteiger partial charge in [0.05, 0.1) is 26.1 Å². The van der Waals surface area contributed by atoms with Crippen molar-refractivity contribution in [3.05, 3.63) is 71.8 Å². The zero-order chi connectivity index (χ0) is 19.2. The van der Waals surface area contributed by atoms with Crippen LogP contribution in [0.3, 0.4) is 0 Å². The summed E-state index contributed by atoms with van der Waals surface area (Å²) < 4.78 is 10.1. The first-order valence-corrected chi connectivity index (χ1v) is 9.17. The van der Waals surface area contributed by atoms with Gasteiger partial charge in [-0.05, 0) is 24.0 Å². The molecule has 27 heavy (non-hydrogen) atoms. The van der Waals surface area contributed by atoms with Crippen molar-refractivity contribution in [2.24, 2.45) is 0 Å². The Morgan fingerprint density at radius 2 is 1.15 bits per heavy atom. The monoisotopic (exact) mass is 367 g/mol. The number of benzene rings is 2. The van der Waals surface area contributed by atoms with E-state index in [1.165, 1.54) is 14.2 Å². The van der Waals surface area contributed by atoms with Gasteiger partial charge in [0, 0.05) is 12.1 Å². The van der Waals surface area contributed by atoms with Crippen molar-refractivity contribution in [2.75, 3.05) is 14.2 Å². The summed E-state index contributed by atoms with van der Waals surface area (Å²) in [5, 5.41) is 3.52. The highest BCUT2D eigenvalue weighted by atomic mass is 16.5. The Hall–Kier alpha value is -2.66. The summed E-state index contributed by atoms with van der Waals surface area (Å²) in [5.74, 6) is -1.35. The molecule has 1 heterocycles. The van der Waals surface area contributed by atoms with Gasteiger partial charge in [-0.2, -0.15) is 0 Å². The third-order valence-corrected chi connectivity index (χ3v) is 5.25. The number of nitrogens with one attached hydrogen (secondary N) is 1. The minimum Gasteiger partial charge on any atom is -0.469 e. The second-order valence-corrected chi connectivity index (χ2v) is 6.78. The second-order valence-electron chi connectivity index (χ2n) is 6.78. The number of rotatable bonds is 6. The molecule has 142 valence electrons. The summed E-state index contributed by atoms with van der Waals surface area (Å²) in [6.07, 6.45) is 1.55. The molecule has 4 atom stereocenters. The number of esters is 2. The highest BCUT2D eigenvalue weighted by Crippen LogP contribution is 2.34. The average molecular weight is 367 g/mol. The van der Waals surface area contributed by atoms with Gasteiger partial charge in [-0.15, -0.1) is 0 Å². The van der Waals surface area contributed by atoms with Crippen molar-refractivity contribution in [1.29, 1.82) is 0 Å². The van der Waals surface area contributed by atoms with Crippen LogP contribution >= 0.6 is 0 Å². The SMILES string of the molecule is COC(=O)C(c1ccccc1)C1CCC(C(C(=O)OC)c2ccccc2)N1. The zero-order valence-corrected chi connectivity index (χ0v) is 15.6. The molecule has 0 spiro atoms. The van der Waals surface area contributed by atoms with Crippen LogP contribution in [0.2, 0.25) is 0 Å². The number of hydrogen-bond donors (Lipinski definition) is 1. The van der Waals surface area contributed by atoms with E-state index in [0.717, 1.165) is 24.0 Å². The third-order valence-electron chi connectivity index (χ3n) is 5.25. The Kier molecular flexibility index (Phi) is 6.24. The van der Waals surface area contributed by atoms with E-state index < -0.39 is 11.8 Å². The Balaban J connectivity index is 1.84. The highest BCUT2D eigenvalue weighted by molar-refractivity contribution is 5.80. The lowest BCUT2D eigenvalue weighted by molar-refractivity contribution is -0.143. The average Bonchev–Trinajstić information content (AvgIpc) is 3.18. The molecule has 0 radical (unpaired) electrons. The summed E-state index contributed by atoms with van der Waals surface area (Å²) in [4.78, 5) is 25.0. The fraction of sp³-hybridized carbons (Fsp3) is 0.364. The molecule has 1 aliphatic heterocycles. The predicted molar refractivity (Wildman–Crippen MR) is 102 cm³/mol. The molecule has 0 amide bonds. The van der Waals surface area contributed by atoms with Crippen LogP contribution in [-0.4, -0.2) is 38.2 Å². The Labute approximate surface area is 159 Å². The molecular formula is C22H25NO4. The van der Waals surface area contributed by atoms with Crippen LogP contribution in [-0.2, 0) is 19.1 Å². The van der Waals surface area contributed by atoms with E-state index in [0.29, 0.717) is 0 Å². The molecule has 0 aromatic heterocycles. The van der Waals surface area contributed by atoms with E-state index >= 15 is 0 Å². The molecule has 0 aliphatic carbocycles. The fourth-order valence-electron chi connectivity index (χ4n) is 3.97. The summed E-state index contributed by atoms with van der Waals surface area (Å²) in [6.45, 7) is 0. The molecular weight excluding hydrogens is 342 g/mol. The van der Waals surface area contributed by atoms with Crippen LogP contribution in [0, 0.1) is 0 Å². The molecule has 0 bridgehead atoms. The molecule has 1 fully saturated rings. The van der Waals surface area contributed by atoms with Crippen molar-refractivity contribution in [3.63, 3.8) is 0 Å². The van der Waals surface area contributed by atoms with E-state index in [4.69, 9.17) is 9.47 Å². The van der Waals surface area contributed by atoms with E-state index in [2.05, 4.69) is 5.32 Å². The van der Waals surface area contributed by atoms with Gasteiger partial charge in [-0.25, -0.2) is 0 Å². The lowest BCUT2D eigenvalue weighted by Crippen LogP contribution is -2.42. The van der Waals surface area contributed by atoms with Crippen LogP contribution in [0.15, 0.2) is 60.7 Å². The molecule has 2 aromatic rings. The van der Waals surface area contributed by atoms with E-state index in [9.17, 15) is 9.59 Å². The predicted octanol–water partition coefficient (Wildman–Crippen LogP) is 3.02. The number of carbonyl (C=O) groups excluding carboxylic acids is 2. The second kappa shape index (κ2) is 8.82. The molecule has 3 rings (SSSR count). The third kappa shape index (κ3) is 4.19.